The van der Waals surface area contributed by atoms with Gasteiger partial charge in [0.1, 0.15) is 5.82 Å². The first-order valence-electron chi connectivity index (χ1n) is 8.73. The molecule has 0 bridgehead atoms. The van der Waals surface area contributed by atoms with Crippen molar-refractivity contribution in [2.24, 2.45) is 0 Å². The highest BCUT2D eigenvalue weighted by Gasteiger charge is 2.32. The Hall–Kier alpha value is -1.83. The second kappa shape index (κ2) is 8.68. The van der Waals surface area contributed by atoms with E-state index in [1.807, 2.05) is 0 Å². The molecule has 3 rings (SSSR count). The maximum Gasteiger partial charge on any atom is 0.317 e. The Bertz CT molecular complexity index is 960. The molecule has 2 amide bonds. The predicted molar refractivity (Wildman–Crippen MR) is 107 cm³/mol. The summed E-state index contributed by atoms with van der Waals surface area (Å²) in [5, 5.41) is 3.19. The van der Waals surface area contributed by atoms with Gasteiger partial charge in [0, 0.05) is 29.7 Å². The van der Waals surface area contributed by atoms with Gasteiger partial charge < -0.3 is 10.2 Å². The number of hydrogen-bond acceptors (Lipinski definition) is 3. The summed E-state index contributed by atoms with van der Waals surface area (Å²) < 4.78 is 38.4. The minimum atomic E-state index is -3.55. The average Bonchev–Trinajstić information content (AvgIpc) is 2.67. The number of likely N-dealkylation sites (tertiary alicyclic amines) is 1. The van der Waals surface area contributed by atoms with Crippen LogP contribution in [0.25, 0.3) is 0 Å². The van der Waals surface area contributed by atoms with Crippen LogP contribution in [0.3, 0.4) is 0 Å². The van der Waals surface area contributed by atoms with Crippen molar-refractivity contribution in [2.45, 2.75) is 29.5 Å². The lowest BCUT2D eigenvalue weighted by Crippen LogP contribution is -2.46. The van der Waals surface area contributed by atoms with E-state index < -0.39 is 20.9 Å². The molecular formula is C19H19Cl2FN2O3S. The molecule has 9 heteroatoms. The number of halogens is 3. The quantitative estimate of drug-likeness (QED) is 0.715. The minimum absolute atomic E-state index is 0.106. The molecule has 1 saturated heterocycles. The van der Waals surface area contributed by atoms with Gasteiger partial charge in [-0.05, 0) is 54.8 Å². The maximum atomic E-state index is 13.0. The van der Waals surface area contributed by atoms with E-state index in [1.165, 1.54) is 12.1 Å². The SMILES string of the molecule is O=C(NCc1ccc(Cl)cc1Cl)N1CCC(S(=O)(=O)c2ccc(F)cc2)CC1. The van der Waals surface area contributed by atoms with E-state index in [1.54, 1.807) is 23.1 Å². The zero-order valence-corrected chi connectivity index (χ0v) is 17.2. The molecule has 0 saturated carbocycles. The molecule has 1 N–H and O–H groups in total. The number of hydrogen-bond donors (Lipinski definition) is 1. The van der Waals surface area contributed by atoms with Crippen molar-refractivity contribution in [3.8, 4) is 0 Å². The van der Waals surface area contributed by atoms with Crippen LogP contribution in [0.1, 0.15) is 18.4 Å². The van der Waals surface area contributed by atoms with Gasteiger partial charge in [-0.15, -0.1) is 0 Å². The van der Waals surface area contributed by atoms with Crippen LogP contribution in [0, 0.1) is 5.82 Å². The summed E-state index contributed by atoms with van der Waals surface area (Å²) in [5.41, 5.74) is 0.744. The Labute approximate surface area is 173 Å². The molecule has 1 aliphatic heterocycles. The summed E-state index contributed by atoms with van der Waals surface area (Å²) in [6.45, 7) is 0.902. The third-order valence-corrected chi connectivity index (χ3v) is 7.62. The van der Waals surface area contributed by atoms with Crippen LogP contribution >= 0.6 is 23.2 Å². The van der Waals surface area contributed by atoms with E-state index in [-0.39, 0.29) is 17.5 Å². The standard InChI is InChI=1S/C19H19Cl2FN2O3S/c20-14-2-1-13(18(21)11-14)12-23-19(25)24-9-7-17(8-10-24)28(26,27)16-5-3-15(22)4-6-16/h1-6,11,17H,7-10,12H2,(H,23,25). The smallest absolute Gasteiger partial charge is 0.317 e. The molecule has 0 unspecified atom stereocenters. The van der Waals surface area contributed by atoms with Crippen LogP contribution in [-0.4, -0.2) is 37.7 Å². The van der Waals surface area contributed by atoms with Gasteiger partial charge in [0.05, 0.1) is 10.1 Å². The number of rotatable bonds is 4. The summed E-state index contributed by atoms with van der Waals surface area (Å²) in [6.07, 6.45) is 0.656. The van der Waals surface area contributed by atoms with Crippen molar-refractivity contribution in [2.75, 3.05) is 13.1 Å². The molecule has 0 aliphatic carbocycles. The van der Waals surface area contributed by atoms with Crippen molar-refractivity contribution in [1.29, 1.82) is 0 Å². The highest BCUT2D eigenvalue weighted by molar-refractivity contribution is 7.92. The van der Waals surface area contributed by atoms with Crippen LogP contribution in [0.4, 0.5) is 9.18 Å². The molecule has 2 aromatic carbocycles. The van der Waals surface area contributed by atoms with Crippen LogP contribution in [-0.2, 0) is 16.4 Å². The zero-order chi connectivity index (χ0) is 20.3. The van der Waals surface area contributed by atoms with Crippen LogP contribution in [0.5, 0.6) is 0 Å². The zero-order valence-electron chi connectivity index (χ0n) is 14.9. The van der Waals surface area contributed by atoms with Crippen molar-refractivity contribution in [3.05, 3.63) is 63.9 Å². The number of carbonyl (C=O) groups excluding carboxylic acids is 1. The Morgan fingerprint density at radius 2 is 1.75 bits per heavy atom. The molecule has 2 aromatic rings. The summed E-state index contributed by atoms with van der Waals surface area (Å²) >= 11 is 12.0. The summed E-state index contributed by atoms with van der Waals surface area (Å²) in [6, 6.07) is 9.60. The van der Waals surface area contributed by atoms with E-state index in [9.17, 15) is 17.6 Å². The number of nitrogens with one attached hydrogen (secondary N) is 1. The number of sulfone groups is 1. The third kappa shape index (κ3) is 4.77. The molecular weight excluding hydrogens is 426 g/mol. The van der Waals surface area contributed by atoms with Crippen molar-refractivity contribution < 1.29 is 17.6 Å². The lowest BCUT2D eigenvalue weighted by atomic mass is 10.1. The Kier molecular flexibility index (Phi) is 6.47. The molecule has 0 aromatic heterocycles. The predicted octanol–water partition coefficient (Wildman–Crippen LogP) is 4.28. The number of amides is 2. The topological polar surface area (TPSA) is 66.5 Å². The van der Waals surface area contributed by atoms with Crippen molar-refractivity contribution in [3.63, 3.8) is 0 Å². The third-order valence-electron chi connectivity index (χ3n) is 4.76. The molecule has 0 spiro atoms. The Morgan fingerprint density at radius 1 is 1.11 bits per heavy atom. The molecule has 5 nitrogen and oxygen atoms in total. The Balaban J connectivity index is 1.55. The first-order chi connectivity index (χ1) is 13.3. The van der Waals surface area contributed by atoms with Gasteiger partial charge in [-0.2, -0.15) is 0 Å². The van der Waals surface area contributed by atoms with Crippen LogP contribution in [0.15, 0.2) is 47.4 Å². The molecule has 1 heterocycles. The normalized spacial score (nSPS) is 15.5. The van der Waals surface area contributed by atoms with E-state index in [0.717, 1.165) is 17.7 Å². The van der Waals surface area contributed by atoms with E-state index >= 15 is 0 Å². The molecule has 28 heavy (non-hydrogen) atoms. The number of nitrogens with zero attached hydrogens (tertiary/aromatic N) is 1. The molecule has 1 fully saturated rings. The summed E-state index contributed by atoms with van der Waals surface area (Å²) in [4.78, 5) is 14.1. The highest BCUT2D eigenvalue weighted by Crippen LogP contribution is 2.25. The molecule has 0 radical (unpaired) electrons. The fourth-order valence-corrected chi connectivity index (χ4v) is 5.34. The fourth-order valence-electron chi connectivity index (χ4n) is 3.13. The van der Waals surface area contributed by atoms with Gasteiger partial charge in [0.2, 0.25) is 0 Å². The number of urea groups is 1. The average molecular weight is 445 g/mol. The van der Waals surface area contributed by atoms with E-state index in [4.69, 9.17) is 23.2 Å². The fraction of sp³-hybridized carbons (Fsp3) is 0.316. The van der Waals surface area contributed by atoms with Crippen molar-refractivity contribution in [1.82, 2.24) is 10.2 Å². The second-order valence-electron chi connectivity index (χ2n) is 6.58. The van der Waals surface area contributed by atoms with Crippen LogP contribution < -0.4 is 5.32 Å². The van der Waals surface area contributed by atoms with Gasteiger partial charge in [-0.1, -0.05) is 29.3 Å². The molecule has 150 valence electrons. The lowest BCUT2D eigenvalue weighted by molar-refractivity contribution is 0.186. The monoisotopic (exact) mass is 444 g/mol. The largest absolute Gasteiger partial charge is 0.334 e. The number of piperidine rings is 1. The minimum Gasteiger partial charge on any atom is -0.334 e. The van der Waals surface area contributed by atoms with Gasteiger partial charge in [-0.3, -0.25) is 0 Å². The molecule has 0 atom stereocenters. The van der Waals surface area contributed by atoms with Gasteiger partial charge in [-0.25, -0.2) is 17.6 Å². The van der Waals surface area contributed by atoms with Gasteiger partial charge >= 0.3 is 6.03 Å². The second-order valence-corrected chi connectivity index (χ2v) is 9.65. The number of benzene rings is 2. The van der Waals surface area contributed by atoms with E-state index in [0.29, 0.717) is 36.0 Å². The molecule has 1 aliphatic rings. The first kappa shape index (κ1) is 20.9. The lowest BCUT2D eigenvalue weighted by Gasteiger charge is -2.31. The van der Waals surface area contributed by atoms with Crippen molar-refractivity contribution >= 4 is 39.1 Å². The Morgan fingerprint density at radius 3 is 2.36 bits per heavy atom. The van der Waals surface area contributed by atoms with Gasteiger partial charge in [0.25, 0.3) is 0 Å². The number of carbonyl (C=O) groups is 1. The summed E-state index contributed by atoms with van der Waals surface area (Å²) in [5.74, 6) is -0.480. The maximum absolute atomic E-state index is 13.0. The van der Waals surface area contributed by atoms with Crippen LogP contribution in [0.2, 0.25) is 10.0 Å². The van der Waals surface area contributed by atoms with E-state index in [2.05, 4.69) is 5.32 Å². The van der Waals surface area contributed by atoms with Gasteiger partial charge in [0.15, 0.2) is 9.84 Å². The summed E-state index contributed by atoms with van der Waals surface area (Å²) in [7, 11) is -3.55. The first-order valence-corrected chi connectivity index (χ1v) is 11.0. The highest BCUT2D eigenvalue weighted by atomic mass is 35.5.